The van der Waals surface area contributed by atoms with E-state index in [0.717, 1.165) is 11.1 Å². The minimum Gasteiger partial charge on any atom is -0.268 e. The molecule has 0 radical (unpaired) electrons. The fourth-order valence-electron chi connectivity index (χ4n) is 1.98. The average Bonchev–Trinajstić information content (AvgIpc) is 2.47. The largest absolute Gasteiger partial charge is 0.268 e. The lowest BCUT2D eigenvalue weighted by Gasteiger charge is -2.09. The lowest BCUT2D eigenvalue weighted by Crippen LogP contribution is -2.30. The highest BCUT2D eigenvalue weighted by molar-refractivity contribution is 7.90. The number of amides is 1. The van der Waals surface area contributed by atoms with Crippen LogP contribution in [0.1, 0.15) is 41.3 Å². The first-order chi connectivity index (χ1) is 10.3. The first kappa shape index (κ1) is 16.2. The summed E-state index contributed by atoms with van der Waals surface area (Å²) in [6.45, 7) is 5.97. The molecular weight excluding hydrogens is 298 g/mol. The van der Waals surface area contributed by atoms with Crippen LogP contribution in [0.3, 0.4) is 0 Å². The van der Waals surface area contributed by atoms with Crippen molar-refractivity contribution in [1.29, 1.82) is 0 Å². The van der Waals surface area contributed by atoms with Gasteiger partial charge in [-0.3, -0.25) is 4.79 Å². The van der Waals surface area contributed by atoms with Crippen molar-refractivity contribution >= 4 is 15.9 Å². The molecule has 0 saturated heterocycles. The van der Waals surface area contributed by atoms with Crippen molar-refractivity contribution in [3.63, 3.8) is 0 Å². The van der Waals surface area contributed by atoms with Crippen LogP contribution in [0.15, 0.2) is 53.4 Å². The van der Waals surface area contributed by atoms with Crippen molar-refractivity contribution < 1.29 is 13.2 Å². The highest BCUT2D eigenvalue weighted by Gasteiger charge is 2.18. The van der Waals surface area contributed by atoms with Gasteiger partial charge >= 0.3 is 0 Å². The van der Waals surface area contributed by atoms with Gasteiger partial charge in [0.15, 0.2) is 0 Å². The molecule has 5 heteroatoms. The van der Waals surface area contributed by atoms with E-state index in [1.165, 1.54) is 12.1 Å². The molecule has 0 heterocycles. The Morgan fingerprint density at radius 3 is 2.00 bits per heavy atom. The molecule has 4 nitrogen and oxygen atoms in total. The Morgan fingerprint density at radius 1 is 0.955 bits per heavy atom. The first-order valence-electron chi connectivity index (χ1n) is 7.03. The van der Waals surface area contributed by atoms with Gasteiger partial charge in [-0.1, -0.05) is 43.7 Å². The van der Waals surface area contributed by atoms with Crippen LogP contribution in [0.4, 0.5) is 0 Å². The van der Waals surface area contributed by atoms with Gasteiger partial charge in [0.05, 0.1) is 4.90 Å². The normalized spacial score (nSPS) is 11.5. The molecule has 0 fully saturated rings. The summed E-state index contributed by atoms with van der Waals surface area (Å²) in [6.07, 6.45) is 0. The summed E-state index contributed by atoms with van der Waals surface area (Å²) in [4.78, 5) is 12.2. The fourth-order valence-corrected chi connectivity index (χ4v) is 2.95. The van der Waals surface area contributed by atoms with Crippen LogP contribution in [0.5, 0.6) is 0 Å². The van der Waals surface area contributed by atoms with Crippen LogP contribution in [0.2, 0.25) is 0 Å². The van der Waals surface area contributed by atoms with E-state index in [1.54, 1.807) is 24.3 Å². The monoisotopic (exact) mass is 317 g/mol. The molecule has 2 rings (SSSR count). The van der Waals surface area contributed by atoms with E-state index in [9.17, 15) is 13.2 Å². The molecule has 2 aromatic rings. The molecule has 0 saturated carbocycles. The molecule has 2 aromatic carbocycles. The molecule has 0 atom stereocenters. The van der Waals surface area contributed by atoms with Crippen LogP contribution < -0.4 is 4.72 Å². The van der Waals surface area contributed by atoms with E-state index in [4.69, 9.17) is 0 Å². The van der Waals surface area contributed by atoms with Gasteiger partial charge in [0, 0.05) is 5.56 Å². The lowest BCUT2D eigenvalue weighted by molar-refractivity contribution is 0.0981. The zero-order chi connectivity index (χ0) is 16.3. The molecule has 1 amide bonds. The fraction of sp³-hybridized carbons (Fsp3) is 0.235. The molecular formula is C17H19NO3S. The van der Waals surface area contributed by atoms with Crippen molar-refractivity contribution in [2.45, 2.75) is 31.6 Å². The molecule has 0 unspecified atom stereocenters. The number of benzene rings is 2. The quantitative estimate of drug-likeness (QED) is 0.941. The molecule has 116 valence electrons. The Morgan fingerprint density at radius 2 is 1.50 bits per heavy atom. The summed E-state index contributed by atoms with van der Waals surface area (Å²) in [5.74, 6) is -0.274. The van der Waals surface area contributed by atoms with Gasteiger partial charge in [-0.2, -0.15) is 0 Å². The number of carbonyl (C=O) groups is 1. The number of hydrogen-bond acceptors (Lipinski definition) is 3. The van der Waals surface area contributed by atoms with Crippen molar-refractivity contribution in [2.24, 2.45) is 0 Å². The third-order valence-corrected chi connectivity index (χ3v) is 4.74. The van der Waals surface area contributed by atoms with Crippen molar-refractivity contribution in [1.82, 2.24) is 4.72 Å². The zero-order valence-electron chi connectivity index (χ0n) is 12.8. The predicted molar refractivity (Wildman–Crippen MR) is 86.4 cm³/mol. The number of hydrogen-bond donors (Lipinski definition) is 1. The highest BCUT2D eigenvalue weighted by Crippen LogP contribution is 2.15. The summed E-state index contributed by atoms with van der Waals surface area (Å²) >= 11 is 0. The van der Waals surface area contributed by atoms with E-state index in [-0.39, 0.29) is 4.90 Å². The summed E-state index contributed by atoms with van der Waals surface area (Å²) in [5, 5.41) is 0. The van der Waals surface area contributed by atoms with Gasteiger partial charge in [0.2, 0.25) is 0 Å². The molecule has 1 N–H and O–H groups in total. The predicted octanol–water partition coefficient (Wildman–Crippen LogP) is 3.24. The van der Waals surface area contributed by atoms with E-state index in [0.29, 0.717) is 11.5 Å². The Hall–Kier alpha value is -2.14. The lowest BCUT2D eigenvalue weighted by atomic mass is 10.0. The number of rotatable bonds is 4. The van der Waals surface area contributed by atoms with E-state index in [2.05, 4.69) is 18.6 Å². The molecule has 0 aliphatic heterocycles. The van der Waals surface area contributed by atoms with Gasteiger partial charge in [-0.25, -0.2) is 13.1 Å². The maximum Gasteiger partial charge on any atom is 0.264 e. The van der Waals surface area contributed by atoms with Crippen LogP contribution in [0.25, 0.3) is 0 Å². The second kappa shape index (κ2) is 6.32. The number of sulfonamides is 1. The number of aryl methyl sites for hydroxylation is 1. The minimum atomic E-state index is -3.85. The van der Waals surface area contributed by atoms with Crippen molar-refractivity contribution in [3.8, 4) is 0 Å². The zero-order valence-corrected chi connectivity index (χ0v) is 13.6. The van der Waals surface area contributed by atoms with Crippen LogP contribution in [0, 0.1) is 6.92 Å². The molecule has 22 heavy (non-hydrogen) atoms. The summed E-state index contributed by atoms with van der Waals surface area (Å²) < 4.78 is 26.4. The number of carbonyl (C=O) groups excluding carboxylic acids is 1. The van der Waals surface area contributed by atoms with Gasteiger partial charge in [0.25, 0.3) is 15.9 Å². The van der Waals surface area contributed by atoms with Crippen molar-refractivity contribution in [2.75, 3.05) is 0 Å². The SMILES string of the molecule is Cc1ccc(S(=O)(=O)NC(=O)c2ccc(C(C)C)cc2)cc1. The summed E-state index contributed by atoms with van der Waals surface area (Å²) in [7, 11) is -3.85. The summed E-state index contributed by atoms with van der Waals surface area (Å²) in [6, 6.07) is 13.3. The average molecular weight is 317 g/mol. The van der Waals surface area contributed by atoms with E-state index < -0.39 is 15.9 Å². The Kier molecular flexibility index (Phi) is 4.66. The molecule has 0 aromatic heterocycles. The van der Waals surface area contributed by atoms with Crippen LogP contribution >= 0.6 is 0 Å². The molecule has 0 aliphatic rings. The first-order valence-corrected chi connectivity index (χ1v) is 8.51. The standard InChI is InChI=1S/C17H19NO3S/c1-12(2)14-6-8-15(9-7-14)17(19)18-22(20,21)16-10-4-13(3)5-11-16/h4-12H,1-3H3,(H,18,19). The third-order valence-electron chi connectivity index (χ3n) is 3.40. The van der Waals surface area contributed by atoms with Gasteiger partial charge in [0.1, 0.15) is 0 Å². The topological polar surface area (TPSA) is 63.2 Å². The smallest absolute Gasteiger partial charge is 0.264 e. The third kappa shape index (κ3) is 3.74. The number of nitrogens with one attached hydrogen (secondary N) is 1. The Bertz CT molecular complexity index is 761. The maximum atomic E-state index is 12.2. The van der Waals surface area contributed by atoms with Crippen LogP contribution in [-0.2, 0) is 10.0 Å². The van der Waals surface area contributed by atoms with Gasteiger partial charge in [-0.15, -0.1) is 0 Å². The second-order valence-corrected chi connectivity index (χ2v) is 7.21. The van der Waals surface area contributed by atoms with Gasteiger partial charge in [-0.05, 0) is 42.7 Å². The molecule has 0 aliphatic carbocycles. The Balaban J connectivity index is 2.18. The maximum absolute atomic E-state index is 12.2. The van der Waals surface area contributed by atoms with Crippen molar-refractivity contribution in [3.05, 3.63) is 65.2 Å². The van der Waals surface area contributed by atoms with E-state index >= 15 is 0 Å². The highest BCUT2D eigenvalue weighted by atomic mass is 32.2. The van der Waals surface area contributed by atoms with Crippen LogP contribution in [-0.4, -0.2) is 14.3 Å². The van der Waals surface area contributed by atoms with E-state index in [1.807, 2.05) is 19.1 Å². The molecule has 0 spiro atoms. The van der Waals surface area contributed by atoms with Gasteiger partial charge < -0.3 is 0 Å². The second-order valence-electron chi connectivity index (χ2n) is 5.52. The minimum absolute atomic E-state index is 0.0743. The molecule has 0 bridgehead atoms. The Labute approximate surface area is 131 Å². The summed E-state index contributed by atoms with van der Waals surface area (Å²) in [5.41, 5.74) is 2.37.